The van der Waals surface area contributed by atoms with E-state index in [1.807, 2.05) is 11.0 Å². The average molecular weight is 416 g/mol. The summed E-state index contributed by atoms with van der Waals surface area (Å²) in [6.07, 6.45) is -4.43. The molecular formula is C20H15F3N4OS. The number of carbonyl (C=O) groups is 1. The van der Waals surface area contributed by atoms with Gasteiger partial charge in [-0.05, 0) is 42.7 Å². The lowest BCUT2D eigenvalue weighted by Crippen LogP contribution is -2.08. The van der Waals surface area contributed by atoms with Crippen molar-refractivity contribution in [2.45, 2.75) is 13.1 Å². The van der Waals surface area contributed by atoms with Crippen LogP contribution in [0.5, 0.6) is 0 Å². The molecule has 0 aliphatic carbocycles. The van der Waals surface area contributed by atoms with E-state index < -0.39 is 11.7 Å². The Hall–Kier alpha value is -3.20. The van der Waals surface area contributed by atoms with Gasteiger partial charge < -0.3 is 5.32 Å². The van der Waals surface area contributed by atoms with Crippen molar-refractivity contribution in [1.29, 1.82) is 0 Å². The van der Waals surface area contributed by atoms with Crippen LogP contribution >= 0.6 is 11.5 Å². The molecule has 0 fully saturated rings. The van der Waals surface area contributed by atoms with E-state index >= 15 is 0 Å². The van der Waals surface area contributed by atoms with E-state index in [1.54, 1.807) is 30.3 Å². The molecule has 5 nitrogen and oxygen atoms in total. The highest BCUT2D eigenvalue weighted by Crippen LogP contribution is 2.35. The van der Waals surface area contributed by atoms with Crippen molar-refractivity contribution in [3.8, 4) is 11.4 Å². The van der Waals surface area contributed by atoms with E-state index in [0.717, 1.165) is 12.1 Å². The van der Waals surface area contributed by atoms with Gasteiger partial charge in [0.15, 0.2) is 22.3 Å². The Kier molecular flexibility index (Phi) is 4.62. The summed E-state index contributed by atoms with van der Waals surface area (Å²) in [5.41, 5.74) is 1.43. The van der Waals surface area contributed by atoms with Gasteiger partial charge in [-0.25, -0.2) is 9.97 Å². The van der Waals surface area contributed by atoms with E-state index in [9.17, 15) is 18.0 Å². The second kappa shape index (κ2) is 7.00. The van der Waals surface area contributed by atoms with Gasteiger partial charge >= 0.3 is 6.18 Å². The van der Waals surface area contributed by atoms with E-state index in [2.05, 4.69) is 15.3 Å². The second-order valence-corrected chi connectivity index (χ2v) is 7.60. The Labute approximate surface area is 168 Å². The van der Waals surface area contributed by atoms with Crippen molar-refractivity contribution >= 4 is 39.2 Å². The molecule has 1 N–H and O–H groups in total. The molecule has 0 radical (unpaired) electrons. The summed E-state index contributed by atoms with van der Waals surface area (Å²) in [5.74, 6) is 0.716. The van der Waals surface area contributed by atoms with Crippen LogP contribution in [0.2, 0.25) is 0 Å². The topological polar surface area (TPSA) is 59.8 Å². The fourth-order valence-electron chi connectivity index (χ4n) is 2.92. The van der Waals surface area contributed by atoms with Gasteiger partial charge in [0.1, 0.15) is 5.52 Å². The van der Waals surface area contributed by atoms with Crippen LogP contribution in [0.25, 0.3) is 21.7 Å². The molecule has 0 spiro atoms. The highest BCUT2D eigenvalue weighted by atomic mass is 32.1. The predicted octanol–water partition coefficient (Wildman–Crippen LogP) is 5.66. The Morgan fingerprint density at radius 1 is 1.10 bits per heavy atom. The molecule has 148 valence electrons. The smallest absolute Gasteiger partial charge is 0.338 e. The molecule has 2 aromatic heterocycles. The van der Waals surface area contributed by atoms with Crippen molar-refractivity contribution in [2.24, 2.45) is 7.05 Å². The third-order valence-corrected chi connectivity index (χ3v) is 5.28. The molecular weight excluding hydrogens is 401 g/mol. The quantitative estimate of drug-likeness (QED) is 0.436. The van der Waals surface area contributed by atoms with Gasteiger partial charge in [-0.1, -0.05) is 24.3 Å². The van der Waals surface area contributed by atoms with Crippen LogP contribution in [-0.4, -0.2) is 19.7 Å². The summed E-state index contributed by atoms with van der Waals surface area (Å²) in [4.78, 5) is 21.4. The number of hydrogen-bond acceptors (Lipinski definition) is 5. The van der Waals surface area contributed by atoms with Gasteiger partial charge in [0.25, 0.3) is 0 Å². The lowest BCUT2D eigenvalue weighted by molar-refractivity contribution is -0.137. The number of hydrogen-bond donors (Lipinski definition) is 1. The van der Waals surface area contributed by atoms with Crippen molar-refractivity contribution in [3.63, 3.8) is 0 Å². The first-order valence-corrected chi connectivity index (χ1v) is 9.39. The first-order valence-electron chi connectivity index (χ1n) is 8.62. The first kappa shape index (κ1) is 19.1. The summed E-state index contributed by atoms with van der Waals surface area (Å²) >= 11 is 1.40. The number of benzene rings is 2. The number of Topliss-reactive ketones (excluding diaryl/α,β-unsaturated/α-hetero) is 1. The van der Waals surface area contributed by atoms with Gasteiger partial charge in [0.05, 0.1) is 5.56 Å². The molecule has 0 aliphatic rings. The van der Waals surface area contributed by atoms with Crippen LogP contribution < -0.4 is 5.32 Å². The number of nitrogens with zero attached hydrogens (tertiary/aromatic N) is 3. The van der Waals surface area contributed by atoms with Crippen LogP contribution in [0.15, 0.2) is 48.5 Å². The summed E-state index contributed by atoms with van der Waals surface area (Å²) < 4.78 is 40.9. The van der Waals surface area contributed by atoms with E-state index in [1.165, 1.54) is 24.5 Å². The molecule has 0 aliphatic heterocycles. The SMILES string of the molecule is CC(=O)c1cccc(-c2nc(Nc3cccc(C(F)(F)F)c3)c3c(n2)sn3C)c1. The molecule has 0 bridgehead atoms. The third-order valence-electron chi connectivity index (χ3n) is 4.37. The van der Waals surface area contributed by atoms with E-state index in [-0.39, 0.29) is 11.5 Å². The minimum atomic E-state index is -4.43. The zero-order valence-corrected chi connectivity index (χ0v) is 16.2. The number of aryl methyl sites for hydroxylation is 1. The van der Waals surface area contributed by atoms with Crippen molar-refractivity contribution in [2.75, 3.05) is 5.32 Å². The molecule has 2 heterocycles. The van der Waals surface area contributed by atoms with E-state index in [4.69, 9.17) is 0 Å². The lowest BCUT2D eigenvalue weighted by Gasteiger charge is -2.16. The van der Waals surface area contributed by atoms with Gasteiger partial charge in [0, 0.05) is 23.9 Å². The number of fused-ring (bicyclic) bond motifs is 1. The molecule has 4 aromatic rings. The van der Waals surface area contributed by atoms with Crippen LogP contribution in [-0.2, 0) is 13.2 Å². The zero-order valence-electron chi connectivity index (χ0n) is 15.4. The van der Waals surface area contributed by atoms with Gasteiger partial charge in [-0.3, -0.25) is 8.75 Å². The zero-order chi connectivity index (χ0) is 20.8. The molecule has 0 amide bonds. The molecule has 2 aromatic carbocycles. The minimum absolute atomic E-state index is 0.0767. The van der Waals surface area contributed by atoms with Crippen LogP contribution in [0, 0.1) is 0 Å². The molecule has 0 saturated carbocycles. The number of alkyl halides is 3. The Bertz CT molecular complexity index is 1230. The second-order valence-electron chi connectivity index (χ2n) is 6.48. The summed E-state index contributed by atoms with van der Waals surface area (Å²) in [5, 5.41) is 2.98. The number of carbonyl (C=O) groups excluding carboxylic acids is 1. The Morgan fingerprint density at radius 2 is 1.86 bits per heavy atom. The molecule has 9 heteroatoms. The van der Waals surface area contributed by atoms with E-state index in [0.29, 0.717) is 33.1 Å². The van der Waals surface area contributed by atoms with Gasteiger partial charge in [-0.2, -0.15) is 13.2 Å². The maximum Gasteiger partial charge on any atom is 0.416 e. The fraction of sp³-hybridized carbons (Fsp3) is 0.150. The minimum Gasteiger partial charge on any atom is -0.338 e. The molecule has 29 heavy (non-hydrogen) atoms. The highest BCUT2D eigenvalue weighted by molar-refractivity contribution is 7.15. The van der Waals surface area contributed by atoms with Gasteiger partial charge in [0.2, 0.25) is 0 Å². The Balaban J connectivity index is 1.77. The number of rotatable bonds is 4. The molecule has 0 saturated heterocycles. The summed E-state index contributed by atoms with van der Waals surface area (Å²) in [6, 6.07) is 11.9. The van der Waals surface area contributed by atoms with Gasteiger partial charge in [-0.15, -0.1) is 0 Å². The normalized spacial score (nSPS) is 11.8. The monoisotopic (exact) mass is 416 g/mol. The van der Waals surface area contributed by atoms with Crippen LogP contribution in [0.4, 0.5) is 24.7 Å². The molecule has 4 rings (SSSR count). The average Bonchev–Trinajstić information content (AvgIpc) is 2.66. The van der Waals surface area contributed by atoms with Crippen molar-refractivity contribution in [3.05, 3.63) is 59.7 Å². The fourth-order valence-corrected chi connectivity index (χ4v) is 3.76. The lowest BCUT2D eigenvalue weighted by atomic mass is 10.1. The maximum absolute atomic E-state index is 13.0. The predicted molar refractivity (Wildman–Crippen MR) is 107 cm³/mol. The van der Waals surface area contributed by atoms with Crippen LogP contribution in [0.1, 0.15) is 22.8 Å². The summed E-state index contributed by atoms with van der Waals surface area (Å²) in [7, 11) is 1.82. The number of anilines is 2. The third kappa shape index (κ3) is 3.73. The number of ketones is 1. The standard InChI is InChI=1S/C20H15F3N4OS/c1-11(28)12-5-3-6-13(9-12)17-25-18(16-19(26-17)29-27(16)2)24-15-8-4-7-14(10-15)20(21,22)23/h3-10H,1-2H3,(H,24,25,26). The maximum atomic E-state index is 13.0. The highest BCUT2D eigenvalue weighted by Gasteiger charge is 2.30. The van der Waals surface area contributed by atoms with Crippen molar-refractivity contribution < 1.29 is 18.0 Å². The molecule has 0 atom stereocenters. The Morgan fingerprint density at radius 3 is 2.55 bits per heavy atom. The van der Waals surface area contributed by atoms with Crippen LogP contribution in [0.3, 0.4) is 0 Å². The first-order chi connectivity index (χ1) is 13.7. The largest absolute Gasteiger partial charge is 0.416 e. The number of nitrogens with one attached hydrogen (secondary N) is 1. The van der Waals surface area contributed by atoms with Crippen molar-refractivity contribution in [1.82, 2.24) is 13.9 Å². The number of aromatic nitrogens is 3. The summed E-state index contributed by atoms with van der Waals surface area (Å²) in [6.45, 7) is 1.48. The number of halogens is 3. The molecule has 0 unspecified atom stereocenters.